The molecular weight excluding hydrogens is 454 g/mol. The number of aromatic nitrogens is 4. The summed E-state index contributed by atoms with van der Waals surface area (Å²) in [7, 11) is 0. The van der Waals surface area contributed by atoms with E-state index in [2.05, 4.69) is 27.8 Å². The van der Waals surface area contributed by atoms with Crippen molar-refractivity contribution in [3.05, 3.63) is 60.4 Å². The van der Waals surface area contributed by atoms with Gasteiger partial charge in [0.2, 0.25) is 5.91 Å². The Bertz CT molecular complexity index is 1260. The van der Waals surface area contributed by atoms with Crippen LogP contribution < -0.4 is 10.2 Å². The number of tetrazole rings is 1. The predicted octanol–water partition coefficient (Wildman–Crippen LogP) is 2.35. The maximum atomic E-state index is 13.4. The molecule has 2 aromatic carbocycles. The summed E-state index contributed by atoms with van der Waals surface area (Å²) < 4.78 is 1.46. The normalized spacial score (nSPS) is 22.4. The van der Waals surface area contributed by atoms with E-state index in [0.717, 1.165) is 21.9 Å². The molecule has 1 fully saturated rings. The van der Waals surface area contributed by atoms with Gasteiger partial charge in [0.15, 0.2) is 0 Å². The Morgan fingerprint density at radius 2 is 2.03 bits per heavy atom. The number of para-hydroxylation sites is 1. The molecule has 0 saturated carbocycles. The van der Waals surface area contributed by atoms with Crippen LogP contribution in [-0.4, -0.2) is 61.3 Å². The number of carbonyl (C=O) groups excluding carboxylic acids is 3. The zero-order valence-corrected chi connectivity index (χ0v) is 19.5. The number of benzene rings is 2. The first kappa shape index (κ1) is 22.1. The van der Waals surface area contributed by atoms with Crippen LogP contribution in [-0.2, 0) is 15.1 Å². The SMILES string of the molecule is C[C@@H]1CCN(C(=O)CN2C(=O)N[C@](C)(c3cccc(-n4cnnn4)c3)C2=O)c2ccccc2S1. The first-order valence-electron chi connectivity index (χ1n) is 10.9. The van der Waals surface area contributed by atoms with Crippen LogP contribution in [0, 0.1) is 0 Å². The summed E-state index contributed by atoms with van der Waals surface area (Å²) in [6.45, 7) is 3.96. The lowest BCUT2D eigenvalue weighted by molar-refractivity contribution is -0.134. The number of thioether (sulfide) groups is 1. The molecule has 2 aliphatic heterocycles. The third-order valence-electron chi connectivity index (χ3n) is 6.15. The van der Waals surface area contributed by atoms with Crippen molar-refractivity contribution >= 4 is 35.3 Å². The third-order valence-corrected chi connectivity index (χ3v) is 7.39. The van der Waals surface area contributed by atoms with Gasteiger partial charge in [-0.05, 0) is 53.6 Å². The summed E-state index contributed by atoms with van der Waals surface area (Å²) in [6.07, 6.45) is 2.26. The van der Waals surface area contributed by atoms with Gasteiger partial charge in [0.25, 0.3) is 5.91 Å². The molecule has 3 heterocycles. The number of rotatable bonds is 4. The van der Waals surface area contributed by atoms with Crippen LogP contribution >= 0.6 is 11.8 Å². The average Bonchev–Trinajstić information content (AvgIpc) is 3.39. The Labute approximate surface area is 200 Å². The number of carbonyl (C=O) groups is 3. The number of urea groups is 1. The van der Waals surface area contributed by atoms with E-state index < -0.39 is 17.5 Å². The Hall–Kier alpha value is -3.73. The highest BCUT2D eigenvalue weighted by molar-refractivity contribution is 8.00. The Kier molecular flexibility index (Phi) is 5.56. The van der Waals surface area contributed by atoms with Crippen LogP contribution in [0.4, 0.5) is 10.5 Å². The number of anilines is 1. The summed E-state index contributed by atoms with van der Waals surface area (Å²) in [5, 5.41) is 14.3. The van der Waals surface area contributed by atoms with Crippen LogP contribution in [0.25, 0.3) is 5.69 Å². The van der Waals surface area contributed by atoms with E-state index in [9.17, 15) is 14.4 Å². The van der Waals surface area contributed by atoms with Crippen molar-refractivity contribution in [2.24, 2.45) is 0 Å². The number of hydrogen-bond acceptors (Lipinski definition) is 7. The predicted molar refractivity (Wildman–Crippen MR) is 125 cm³/mol. The molecule has 34 heavy (non-hydrogen) atoms. The van der Waals surface area contributed by atoms with Gasteiger partial charge < -0.3 is 10.2 Å². The molecular formula is C23H23N7O3S. The third kappa shape index (κ3) is 3.81. The number of fused-ring (bicyclic) bond motifs is 1. The zero-order valence-electron chi connectivity index (χ0n) is 18.7. The number of imide groups is 1. The van der Waals surface area contributed by atoms with E-state index in [4.69, 9.17) is 0 Å². The molecule has 1 saturated heterocycles. The first-order chi connectivity index (χ1) is 16.4. The second-order valence-corrected chi connectivity index (χ2v) is 9.96. The van der Waals surface area contributed by atoms with Gasteiger partial charge in [-0.15, -0.1) is 16.9 Å². The second-order valence-electron chi connectivity index (χ2n) is 8.48. The van der Waals surface area contributed by atoms with Gasteiger partial charge in [0.1, 0.15) is 18.4 Å². The number of hydrogen-bond donors (Lipinski definition) is 1. The van der Waals surface area contributed by atoms with Gasteiger partial charge in [-0.1, -0.05) is 31.2 Å². The van der Waals surface area contributed by atoms with E-state index in [0.29, 0.717) is 23.0 Å². The van der Waals surface area contributed by atoms with Gasteiger partial charge in [0, 0.05) is 16.7 Å². The van der Waals surface area contributed by atoms with Gasteiger partial charge >= 0.3 is 6.03 Å². The van der Waals surface area contributed by atoms with Crippen LogP contribution in [0.5, 0.6) is 0 Å². The van der Waals surface area contributed by atoms with E-state index in [1.165, 1.54) is 11.0 Å². The number of amides is 4. The van der Waals surface area contributed by atoms with Crippen molar-refractivity contribution in [1.29, 1.82) is 0 Å². The number of nitrogens with zero attached hydrogens (tertiary/aromatic N) is 6. The van der Waals surface area contributed by atoms with Crippen molar-refractivity contribution in [3.8, 4) is 5.69 Å². The van der Waals surface area contributed by atoms with Gasteiger partial charge in [0.05, 0.1) is 11.4 Å². The van der Waals surface area contributed by atoms with E-state index >= 15 is 0 Å². The maximum absolute atomic E-state index is 13.4. The molecule has 10 nitrogen and oxygen atoms in total. The highest BCUT2D eigenvalue weighted by atomic mass is 32.2. The lowest BCUT2D eigenvalue weighted by Crippen LogP contribution is -2.45. The highest BCUT2D eigenvalue weighted by Gasteiger charge is 2.50. The molecule has 0 radical (unpaired) electrons. The molecule has 1 aromatic heterocycles. The molecule has 4 amide bonds. The summed E-state index contributed by atoms with van der Waals surface area (Å²) in [5.74, 6) is -0.775. The molecule has 11 heteroatoms. The van der Waals surface area contributed by atoms with E-state index in [1.807, 2.05) is 24.3 Å². The minimum absolute atomic E-state index is 0.294. The largest absolute Gasteiger partial charge is 0.325 e. The van der Waals surface area contributed by atoms with Crippen LogP contribution in [0.15, 0.2) is 59.8 Å². The Balaban J connectivity index is 1.39. The van der Waals surface area contributed by atoms with Crippen LogP contribution in [0.3, 0.4) is 0 Å². The molecule has 0 bridgehead atoms. The second kappa shape index (κ2) is 8.56. The fourth-order valence-corrected chi connectivity index (χ4v) is 5.35. The lowest BCUT2D eigenvalue weighted by atomic mass is 9.91. The molecule has 0 unspecified atom stereocenters. The zero-order chi connectivity index (χ0) is 23.9. The van der Waals surface area contributed by atoms with Crippen molar-refractivity contribution in [3.63, 3.8) is 0 Å². The fraction of sp³-hybridized carbons (Fsp3) is 0.304. The van der Waals surface area contributed by atoms with Gasteiger partial charge in [-0.3, -0.25) is 14.5 Å². The molecule has 2 atom stereocenters. The Morgan fingerprint density at radius 1 is 1.21 bits per heavy atom. The average molecular weight is 478 g/mol. The van der Waals surface area contributed by atoms with Gasteiger partial charge in [-0.2, -0.15) is 0 Å². The topological polar surface area (TPSA) is 113 Å². The van der Waals surface area contributed by atoms with Crippen molar-refractivity contribution in [2.45, 2.75) is 36.0 Å². The molecule has 1 N–H and O–H groups in total. The maximum Gasteiger partial charge on any atom is 0.325 e. The van der Waals surface area contributed by atoms with E-state index in [1.54, 1.807) is 47.9 Å². The lowest BCUT2D eigenvalue weighted by Gasteiger charge is -2.25. The van der Waals surface area contributed by atoms with Crippen molar-refractivity contribution < 1.29 is 14.4 Å². The minimum Gasteiger partial charge on any atom is -0.319 e. The minimum atomic E-state index is -1.32. The van der Waals surface area contributed by atoms with Gasteiger partial charge in [-0.25, -0.2) is 9.48 Å². The summed E-state index contributed by atoms with van der Waals surface area (Å²) in [5.41, 5.74) is 0.709. The standard InChI is InChI=1S/C23H23N7O3S/c1-15-10-11-28(18-8-3-4-9-19(18)34-15)20(31)13-29-21(32)23(2,25-22(29)33)16-6-5-7-17(12-16)30-14-24-26-27-30/h3-9,12,14-15H,10-11,13H2,1-2H3,(H,25,33)/t15-,23-/m1/s1. The summed E-state index contributed by atoms with van der Waals surface area (Å²) in [6, 6.07) is 14.2. The monoisotopic (exact) mass is 477 g/mol. The quantitative estimate of drug-likeness (QED) is 0.574. The van der Waals surface area contributed by atoms with Crippen LogP contribution in [0.1, 0.15) is 25.8 Å². The molecule has 174 valence electrons. The Morgan fingerprint density at radius 3 is 2.82 bits per heavy atom. The van der Waals surface area contributed by atoms with Crippen LogP contribution in [0.2, 0.25) is 0 Å². The summed E-state index contributed by atoms with van der Waals surface area (Å²) >= 11 is 1.73. The molecule has 2 aliphatic rings. The molecule has 5 rings (SSSR count). The first-order valence-corrected chi connectivity index (χ1v) is 11.8. The summed E-state index contributed by atoms with van der Waals surface area (Å²) in [4.78, 5) is 43.3. The molecule has 0 spiro atoms. The molecule has 0 aliphatic carbocycles. The smallest absolute Gasteiger partial charge is 0.319 e. The van der Waals surface area contributed by atoms with E-state index in [-0.39, 0.29) is 12.5 Å². The van der Waals surface area contributed by atoms with Crippen molar-refractivity contribution in [1.82, 2.24) is 30.4 Å². The van der Waals surface area contributed by atoms with Crippen molar-refractivity contribution in [2.75, 3.05) is 18.0 Å². The fourth-order valence-electron chi connectivity index (χ4n) is 4.24. The number of nitrogens with one attached hydrogen (secondary N) is 1. The molecule has 3 aromatic rings. The highest BCUT2D eigenvalue weighted by Crippen LogP contribution is 2.37.